The Hall–Kier alpha value is -0.350. The minimum atomic E-state index is -0.104. The molecule has 0 aliphatic heterocycles. The molecule has 4 heteroatoms. The molecule has 2 nitrogen and oxygen atoms in total. The fourth-order valence-corrected chi connectivity index (χ4v) is 2.47. The number of carbonyl (C=O) groups excluding carboxylic acids is 1. The van der Waals surface area contributed by atoms with Crippen molar-refractivity contribution in [2.45, 2.75) is 25.2 Å². The Morgan fingerprint density at radius 2 is 2.36 bits per heavy atom. The van der Waals surface area contributed by atoms with Crippen molar-refractivity contribution in [3.63, 3.8) is 0 Å². The van der Waals surface area contributed by atoms with Gasteiger partial charge in [0.1, 0.15) is 0 Å². The highest BCUT2D eigenvalue weighted by Crippen LogP contribution is 2.18. The van der Waals surface area contributed by atoms with Crippen LogP contribution in [0, 0.1) is 6.92 Å². The number of alkyl halides is 1. The highest BCUT2D eigenvalue weighted by atomic mass is 79.9. The van der Waals surface area contributed by atoms with Gasteiger partial charge in [-0.3, -0.25) is 4.79 Å². The third-order valence-corrected chi connectivity index (χ3v) is 3.46. The fraction of sp³-hybridized carbons (Fsp3) is 0.500. The van der Waals surface area contributed by atoms with Gasteiger partial charge in [-0.1, -0.05) is 15.9 Å². The number of rotatable bonds is 3. The Balaban J connectivity index is 2.62. The van der Waals surface area contributed by atoms with Crippen LogP contribution in [-0.2, 0) is 11.3 Å². The van der Waals surface area contributed by atoms with E-state index in [-0.39, 0.29) is 10.7 Å². The van der Waals surface area contributed by atoms with Crippen LogP contribution in [0.3, 0.4) is 0 Å². The van der Waals surface area contributed by atoms with Crippen LogP contribution < -0.4 is 0 Å². The summed E-state index contributed by atoms with van der Waals surface area (Å²) >= 11 is 4.97. The van der Waals surface area contributed by atoms with Crippen molar-refractivity contribution in [3.05, 3.63) is 21.9 Å². The SMILES string of the molecule is Cc1ccsc1CN(C)C(=O)C(C)Br. The van der Waals surface area contributed by atoms with Gasteiger partial charge in [0.05, 0.1) is 11.4 Å². The molecule has 1 aromatic heterocycles. The molecule has 0 saturated carbocycles. The predicted octanol–water partition coefficient (Wildman–Crippen LogP) is 2.80. The molecule has 0 radical (unpaired) electrons. The predicted molar refractivity (Wildman–Crippen MR) is 63.9 cm³/mol. The molecule has 1 unspecified atom stereocenters. The summed E-state index contributed by atoms with van der Waals surface area (Å²) in [6, 6.07) is 2.08. The third-order valence-electron chi connectivity index (χ3n) is 2.07. The van der Waals surface area contributed by atoms with Crippen molar-refractivity contribution in [1.29, 1.82) is 0 Å². The van der Waals surface area contributed by atoms with Gasteiger partial charge in [-0.05, 0) is 30.9 Å². The molecule has 1 heterocycles. The number of carbonyl (C=O) groups is 1. The molecule has 0 saturated heterocycles. The van der Waals surface area contributed by atoms with E-state index >= 15 is 0 Å². The van der Waals surface area contributed by atoms with Crippen molar-refractivity contribution >= 4 is 33.2 Å². The topological polar surface area (TPSA) is 20.3 Å². The first-order chi connectivity index (χ1) is 6.52. The van der Waals surface area contributed by atoms with Gasteiger partial charge < -0.3 is 4.90 Å². The number of thiophene rings is 1. The molecule has 1 amide bonds. The maximum atomic E-state index is 11.6. The molecule has 0 aromatic carbocycles. The lowest BCUT2D eigenvalue weighted by Gasteiger charge is -2.18. The van der Waals surface area contributed by atoms with Crippen LogP contribution in [-0.4, -0.2) is 22.7 Å². The summed E-state index contributed by atoms with van der Waals surface area (Å²) in [5.74, 6) is 0.123. The first-order valence-electron chi connectivity index (χ1n) is 4.44. The molecule has 1 atom stereocenters. The second-order valence-corrected chi connectivity index (χ2v) is 5.71. The molecule has 1 rings (SSSR count). The lowest BCUT2D eigenvalue weighted by molar-refractivity contribution is -0.129. The summed E-state index contributed by atoms with van der Waals surface area (Å²) in [7, 11) is 1.83. The minimum absolute atomic E-state index is 0.104. The highest BCUT2D eigenvalue weighted by molar-refractivity contribution is 9.10. The molecule has 0 bridgehead atoms. The molecule has 0 aliphatic carbocycles. The van der Waals surface area contributed by atoms with E-state index in [9.17, 15) is 4.79 Å². The van der Waals surface area contributed by atoms with Crippen LogP contribution in [0.25, 0.3) is 0 Å². The Kier molecular flexibility index (Phi) is 4.13. The lowest BCUT2D eigenvalue weighted by Crippen LogP contribution is -2.31. The minimum Gasteiger partial charge on any atom is -0.340 e. The first kappa shape index (κ1) is 11.7. The van der Waals surface area contributed by atoms with E-state index in [1.54, 1.807) is 16.2 Å². The number of amides is 1. The van der Waals surface area contributed by atoms with E-state index in [4.69, 9.17) is 0 Å². The van der Waals surface area contributed by atoms with Crippen LogP contribution >= 0.6 is 27.3 Å². The van der Waals surface area contributed by atoms with E-state index in [0.29, 0.717) is 6.54 Å². The third kappa shape index (κ3) is 2.82. The summed E-state index contributed by atoms with van der Waals surface area (Å²) in [6.07, 6.45) is 0. The Bertz CT molecular complexity index is 322. The van der Waals surface area contributed by atoms with Gasteiger partial charge in [-0.25, -0.2) is 0 Å². The van der Waals surface area contributed by atoms with Gasteiger partial charge >= 0.3 is 0 Å². The molecule has 14 heavy (non-hydrogen) atoms. The van der Waals surface area contributed by atoms with Gasteiger partial charge in [0.15, 0.2) is 0 Å². The van der Waals surface area contributed by atoms with Crippen LogP contribution in [0.4, 0.5) is 0 Å². The first-order valence-corrected chi connectivity index (χ1v) is 6.24. The normalized spacial score (nSPS) is 12.6. The zero-order valence-corrected chi connectivity index (χ0v) is 11.0. The standard InChI is InChI=1S/C10H14BrNOS/c1-7-4-5-14-9(7)6-12(3)10(13)8(2)11/h4-5,8H,6H2,1-3H3. The van der Waals surface area contributed by atoms with Crippen LogP contribution in [0.5, 0.6) is 0 Å². The number of nitrogens with zero attached hydrogens (tertiary/aromatic N) is 1. The van der Waals surface area contributed by atoms with E-state index in [2.05, 4.69) is 34.3 Å². The van der Waals surface area contributed by atoms with Gasteiger partial charge in [-0.15, -0.1) is 11.3 Å². The molecule has 78 valence electrons. The summed E-state index contributed by atoms with van der Waals surface area (Å²) in [6.45, 7) is 4.63. The largest absolute Gasteiger partial charge is 0.340 e. The average Bonchev–Trinajstić information content (AvgIpc) is 2.50. The van der Waals surface area contributed by atoms with E-state index < -0.39 is 0 Å². The smallest absolute Gasteiger partial charge is 0.236 e. The molecule has 0 aliphatic rings. The molecule has 1 aromatic rings. The quantitative estimate of drug-likeness (QED) is 0.777. The highest BCUT2D eigenvalue weighted by Gasteiger charge is 2.15. The molecular formula is C10H14BrNOS. The van der Waals surface area contributed by atoms with Crippen molar-refractivity contribution < 1.29 is 4.79 Å². The fourth-order valence-electron chi connectivity index (χ4n) is 1.16. The summed E-state index contributed by atoms with van der Waals surface area (Å²) in [5, 5.41) is 2.06. The van der Waals surface area contributed by atoms with Crippen LogP contribution in [0.2, 0.25) is 0 Å². The molecule has 0 N–H and O–H groups in total. The van der Waals surface area contributed by atoms with Gasteiger partial charge in [0.25, 0.3) is 0 Å². The maximum Gasteiger partial charge on any atom is 0.236 e. The summed E-state index contributed by atoms with van der Waals surface area (Å²) < 4.78 is 0. The zero-order chi connectivity index (χ0) is 10.7. The number of halogens is 1. The van der Waals surface area contributed by atoms with E-state index in [1.165, 1.54) is 10.4 Å². The van der Waals surface area contributed by atoms with E-state index in [1.807, 2.05) is 14.0 Å². The monoisotopic (exact) mass is 275 g/mol. The van der Waals surface area contributed by atoms with Crippen LogP contribution in [0.1, 0.15) is 17.4 Å². The van der Waals surface area contributed by atoms with Gasteiger partial charge in [-0.2, -0.15) is 0 Å². The summed E-state index contributed by atoms with van der Waals surface area (Å²) in [4.78, 5) is 14.5. The number of hydrogen-bond donors (Lipinski definition) is 0. The van der Waals surface area contributed by atoms with Crippen molar-refractivity contribution in [2.75, 3.05) is 7.05 Å². The molecule has 0 spiro atoms. The zero-order valence-electron chi connectivity index (χ0n) is 8.58. The summed E-state index contributed by atoms with van der Waals surface area (Å²) in [5.41, 5.74) is 1.26. The van der Waals surface area contributed by atoms with Crippen molar-refractivity contribution in [1.82, 2.24) is 4.90 Å². The molecular weight excluding hydrogens is 262 g/mol. The Morgan fingerprint density at radius 3 is 2.79 bits per heavy atom. The Morgan fingerprint density at radius 1 is 1.71 bits per heavy atom. The van der Waals surface area contributed by atoms with Crippen LogP contribution in [0.15, 0.2) is 11.4 Å². The molecule has 0 fully saturated rings. The van der Waals surface area contributed by atoms with E-state index in [0.717, 1.165) is 0 Å². The lowest BCUT2D eigenvalue weighted by atomic mass is 10.3. The number of hydrogen-bond acceptors (Lipinski definition) is 2. The van der Waals surface area contributed by atoms with Gasteiger partial charge in [0, 0.05) is 11.9 Å². The van der Waals surface area contributed by atoms with Crippen molar-refractivity contribution in [2.24, 2.45) is 0 Å². The second-order valence-electron chi connectivity index (χ2n) is 3.34. The maximum absolute atomic E-state index is 11.6. The van der Waals surface area contributed by atoms with Gasteiger partial charge in [0.2, 0.25) is 5.91 Å². The van der Waals surface area contributed by atoms with Crippen molar-refractivity contribution in [3.8, 4) is 0 Å². The average molecular weight is 276 g/mol. The number of aryl methyl sites for hydroxylation is 1. The second kappa shape index (κ2) is 4.94. The Labute approximate surface area is 97.1 Å².